The molecule has 0 radical (unpaired) electrons. The van der Waals surface area contributed by atoms with Crippen molar-refractivity contribution in [3.05, 3.63) is 29.8 Å². The molecule has 0 saturated carbocycles. The SMILES string of the molecule is CC(C)NCCCOc1ccc(C(F)(F)F)cc1. The summed E-state index contributed by atoms with van der Waals surface area (Å²) >= 11 is 0. The number of nitrogens with one attached hydrogen (secondary N) is 1. The van der Waals surface area contributed by atoms with Gasteiger partial charge in [0.25, 0.3) is 0 Å². The second kappa shape index (κ2) is 6.64. The van der Waals surface area contributed by atoms with Gasteiger partial charge in [0.15, 0.2) is 0 Å². The first-order valence-corrected chi connectivity index (χ1v) is 5.93. The molecule has 0 unspecified atom stereocenters. The molecular weight excluding hydrogens is 243 g/mol. The van der Waals surface area contributed by atoms with E-state index < -0.39 is 11.7 Å². The lowest BCUT2D eigenvalue weighted by molar-refractivity contribution is -0.137. The van der Waals surface area contributed by atoms with E-state index in [2.05, 4.69) is 19.2 Å². The molecular formula is C13H18F3NO. The predicted octanol–water partition coefficient (Wildman–Crippen LogP) is 3.47. The number of hydrogen-bond donors (Lipinski definition) is 1. The van der Waals surface area contributed by atoms with Gasteiger partial charge in [0.1, 0.15) is 5.75 Å². The van der Waals surface area contributed by atoms with Crippen molar-refractivity contribution in [3.63, 3.8) is 0 Å². The predicted molar refractivity (Wildman–Crippen MR) is 64.7 cm³/mol. The molecule has 0 heterocycles. The van der Waals surface area contributed by atoms with Crippen LogP contribution in [0.15, 0.2) is 24.3 Å². The quantitative estimate of drug-likeness (QED) is 0.792. The molecule has 0 amide bonds. The van der Waals surface area contributed by atoms with Crippen LogP contribution in [0, 0.1) is 0 Å². The Labute approximate surface area is 105 Å². The standard InChI is InChI=1S/C13H18F3NO/c1-10(2)17-8-3-9-18-12-6-4-11(5-7-12)13(14,15)16/h4-7,10,17H,3,8-9H2,1-2H3. The lowest BCUT2D eigenvalue weighted by Crippen LogP contribution is -2.24. The van der Waals surface area contributed by atoms with E-state index in [0.717, 1.165) is 25.1 Å². The van der Waals surface area contributed by atoms with Crippen molar-refractivity contribution in [2.45, 2.75) is 32.5 Å². The fourth-order valence-electron chi connectivity index (χ4n) is 1.39. The monoisotopic (exact) mass is 261 g/mol. The van der Waals surface area contributed by atoms with Crippen molar-refractivity contribution in [3.8, 4) is 5.75 Å². The molecule has 102 valence electrons. The number of halogens is 3. The first-order chi connectivity index (χ1) is 8.39. The van der Waals surface area contributed by atoms with Crippen LogP contribution in [0.2, 0.25) is 0 Å². The Bertz CT molecular complexity index is 346. The highest BCUT2D eigenvalue weighted by Gasteiger charge is 2.29. The van der Waals surface area contributed by atoms with E-state index >= 15 is 0 Å². The summed E-state index contributed by atoms with van der Waals surface area (Å²) < 4.78 is 42.2. The number of ether oxygens (including phenoxy) is 1. The molecule has 0 aliphatic rings. The van der Waals surface area contributed by atoms with Crippen molar-refractivity contribution in [2.75, 3.05) is 13.2 Å². The van der Waals surface area contributed by atoms with Crippen molar-refractivity contribution in [2.24, 2.45) is 0 Å². The fourth-order valence-corrected chi connectivity index (χ4v) is 1.39. The molecule has 0 saturated heterocycles. The Kier molecular flexibility index (Phi) is 5.47. The van der Waals surface area contributed by atoms with E-state index in [-0.39, 0.29) is 0 Å². The Hall–Kier alpha value is -1.23. The van der Waals surface area contributed by atoms with Crippen LogP contribution < -0.4 is 10.1 Å². The minimum absolute atomic E-state index is 0.427. The van der Waals surface area contributed by atoms with Crippen LogP contribution in [0.4, 0.5) is 13.2 Å². The molecule has 0 atom stereocenters. The third-order valence-corrected chi connectivity index (χ3v) is 2.32. The summed E-state index contributed by atoms with van der Waals surface area (Å²) in [6.07, 6.45) is -3.47. The van der Waals surface area contributed by atoms with Gasteiger partial charge in [-0.1, -0.05) is 13.8 Å². The van der Waals surface area contributed by atoms with E-state index in [0.29, 0.717) is 18.4 Å². The molecule has 0 spiro atoms. The first-order valence-electron chi connectivity index (χ1n) is 5.93. The maximum absolute atomic E-state index is 12.3. The second-order valence-corrected chi connectivity index (χ2v) is 4.33. The Balaban J connectivity index is 2.31. The van der Waals surface area contributed by atoms with Crippen LogP contribution in [-0.4, -0.2) is 19.2 Å². The Morgan fingerprint density at radius 3 is 2.28 bits per heavy atom. The number of benzene rings is 1. The van der Waals surface area contributed by atoms with Crippen LogP contribution in [-0.2, 0) is 6.18 Å². The molecule has 1 rings (SSSR count). The van der Waals surface area contributed by atoms with E-state index in [1.165, 1.54) is 12.1 Å². The summed E-state index contributed by atoms with van der Waals surface area (Å²) in [5, 5.41) is 3.23. The minimum Gasteiger partial charge on any atom is -0.494 e. The molecule has 18 heavy (non-hydrogen) atoms. The molecule has 0 aliphatic carbocycles. The summed E-state index contributed by atoms with van der Waals surface area (Å²) in [6.45, 7) is 5.43. The highest BCUT2D eigenvalue weighted by Crippen LogP contribution is 2.30. The normalized spacial score (nSPS) is 11.9. The highest BCUT2D eigenvalue weighted by atomic mass is 19.4. The van der Waals surface area contributed by atoms with Crippen molar-refractivity contribution in [1.82, 2.24) is 5.32 Å². The summed E-state index contributed by atoms with van der Waals surface area (Å²) in [7, 11) is 0. The topological polar surface area (TPSA) is 21.3 Å². The molecule has 1 aromatic rings. The number of hydrogen-bond acceptors (Lipinski definition) is 2. The summed E-state index contributed by atoms with van der Waals surface area (Å²) in [4.78, 5) is 0. The van der Waals surface area contributed by atoms with Crippen LogP contribution >= 0.6 is 0 Å². The molecule has 0 bridgehead atoms. The molecule has 0 fully saturated rings. The zero-order valence-corrected chi connectivity index (χ0v) is 10.6. The van der Waals surface area contributed by atoms with Gasteiger partial charge in [0.2, 0.25) is 0 Å². The zero-order chi connectivity index (χ0) is 13.6. The molecule has 0 aromatic heterocycles. The van der Waals surface area contributed by atoms with Gasteiger partial charge >= 0.3 is 6.18 Å². The minimum atomic E-state index is -4.29. The summed E-state index contributed by atoms with van der Waals surface area (Å²) in [5.41, 5.74) is -0.656. The summed E-state index contributed by atoms with van der Waals surface area (Å²) in [6, 6.07) is 5.18. The van der Waals surface area contributed by atoms with Gasteiger partial charge in [-0.15, -0.1) is 0 Å². The van der Waals surface area contributed by atoms with E-state index in [4.69, 9.17) is 4.74 Å². The second-order valence-electron chi connectivity index (χ2n) is 4.33. The van der Waals surface area contributed by atoms with Gasteiger partial charge in [0, 0.05) is 6.04 Å². The van der Waals surface area contributed by atoms with Crippen molar-refractivity contribution < 1.29 is 17.9 Å². The number of alkyl halides is 3. The van der Waals surface area contributed by atoms with Gasteiger partial charge in [-0.05, 0) is 37.2 Å². The maximum atomic E-state index is 12.3. The Morgan fingerprint density at radius 1 is 1.17 bits per heavy atom. The summed E-state index contributed by atoms with van der Waals surface area (Å²) in [5.74, 6) is 0.465. The van der Waals surface area contributed by atoms with Gasteiger partial charge in [-0.2, -0.15) is 13.2 Å². The van der Waals surface area contributed by atoms with Gasteiger partial charge in [-0.25, -0.2) is 0 Å². The largest absolute Gasteiger partial charge is 0.494 e. The van der Waals surface area contributed by atoms with Gasteiger partial charge in [-0.3, -0.25) is 0 Å². The fraction of sp³-hybridized carbons (Fsp3) is 0.538. The van der Waals surface area contributed by atoms with Crippen LogP contribution in [0.25, 0.3) is 0 Å². The maximum Gasteiger partial charge on any atom is 0.416 e. The van der Waals surface area contributed by atoms with Crippen LogP contribution in [0.3, 0.4) is 0 Å². The lowest BCUT2D eigenvalue weighted by atomic mass is 10.2. The smallest absolute Gasteiger partial charge is 0.416 e. The van der Waals surface area contributed by atoms with Crippen LogP contribution in [0.5, 0.6) is 5.75 Å². The third-order valence-electron chi connectivity index (χ3n) is 2.32. The van der Waals surface area contributed by atoms with Crippen molar-refractivity contribution in [1.29, 1.82) is 0 Å². The Morgan fingerprint density at radius 2 is 1.78 bits per heavy atom. The molecule has 1 aromatic carbocycles. The number of rotatable bonds is 6. The molecule has 2 nitrogen and oxygen atoms in total. The molecule has 1 N–H and O–H groups in total. The van der Waals surface area contributed by atoms with Crippen LogP contribution in [0.1, 0.15) is 25.8 Å². The average Bonchev–Trinajstić information content (AvgIpc) is 2.27. The first kappa shape index (κ1) is 14.8. The highest BCUT2D eigenvalue weighted by molar-refractivity contribution is 5.28. The van der Waals surface area contributed by atoms with E-state index in [1.807, 2.05) is 0 Å². The molecule has 5 heteroatoms. The van der Waals surface area contributed by atoms with E-state index in [9.17, 15) is 13.2 Å². The molecule has 0 aliphatic heterocycles. The van der Waals surface area contributed by atoms with Gasteiger partial charge in [0.05, 0.1) is 12.2 Å². The van der Waals surface area contributed by atoms with Gasteiger partial charge < -0.3 is 10.1 Å². The van der Waals surface area contributed by atoms with E-state index in [1.54, 1.807) is 0 Å². The lowest BCUT2D eigenvalue weighted by Gasteiger charge is -2.10. The average molecular weight is 261 g/mol. The van der Waals surface area contributed by atoms with Crippen molar-refractivity contribution >= 4 is 0 Å². The third kappa shape index (κ3) is 5.40. The zero-order valence-electron chi connectivity index (χ0n) is 10.6.